The third-order valence-corrected chi connectivity index (χ3v) is 7.28. The molecule has 2 amide bonds. The van der Waals surface area contributed by atoms with E-state index in [1.807, 2.05) is 31.2 Å². The quantitative estimate of drug-likeness (QED) is 0.540. The van der Waals surface area contributed by atoms with Gasteiger partial charge in [0, 0.05) is 12.0 Å². The molecule has 0 aromatic heterocycles. The van der Waals surface area contributed by atoms with Gasteiger partial charge in [-0.15, -0.1) is 0 Å². The molecule has 34 heavy (non-hydrogen) atoms. The summed E-state index contributed by atoms with van der Waals surface area (Å²) < 4.78 is 5.63. The zero-order valence-electron chi connectivity index (χ0n) is 19.6. The number of carboxylic acid groups (broad SMARTS) is 1. The highest BCUT2D eigenvalue weighted by molar-refractivity contribution is 5.86. The van der Waals surface area contributed by atoms with Gasteiger partial charge < -0.3 is 20.5 Å². The Kier molecular flexibility index (Phi) is 7.20. The Morgan fingerprint density at radius 2 is 1.65 bits per heavy atom. The highest BCUT2D eigenvalue weighted by Gasteiger charge is 2.37. The number of amides is 2. The van der Waals surface area contributed by atoms with Crippen molar-refractivity contribution >= 4 is 18.0 Å². The maximum Gasteiger partial charge on any atom is 0.407 e. The Labute approximate surface area is 199 Å². The number of carboxylic acids is 1. The highest BCUT2D eigenvalue weighted by atomic mass is 16.5. The van der Waals surface area contributed by atoms with E-state index in [2.05, 4.69) is 34.9 Å². The van der Waals surface area contributed by atoms with E-state index in [0.29, 0.717) is 19.3 Å². The Hall–Kier alpha value is -3.35. The molecule has 2 aliphatic carbocycles. The Morgan fingerprint density at radius 3 is 2.24 bits per heavy atom. The predicted molar refractivity (Wildman–Crippen MR) is 128 cm³/mol. The van der Waals surface area contributed by atoms with Gasteiger partial charge in [0.2, 0.25) is 5.91 Å². The smallest absolute Gasteiger partial charge is 0.407 e. The van der Waals surface area contributed by atoms with Crippen molar-refractivity contribution in [2.75, 3.05) is 6.61 Å². The summed E-state index contributed by atoms with van der Waals surface area (Å²) in [5.74, 6) is -2.05. The minimum atomic E-state index is -1.04. The fraction of sp³-hybridized carbons (Fsp3) is 0.444. The van der Waals surface area contributed by atoms with Gasteiger partial charge in [-0.1, -0.05) is 75.2 Å². The largest absolute Gasteiger partial charge is 0.480 e. The second-order valence-corrected chi connectivity index (χ2v) is 9.32. The zero-order valence-corrected chi connectivity index (χ0v) is 19.6. The van der Waals surface area contributed by atoms with Crippen LogP contribution in [0.3, 0.4) is 0 Å². The van der Waals surface area contributed by atoms with Crippen molar-refractivity contribution in [1.29, 1.82) is 0 Å². The summed E-state index contributed by atoms with van der Waals surface area (Å²) in [5.41, 5.74) is 4.60. The first-order valence-corrected chi connectivity index (χ1v) is 12.0. The summed E-state index contributed by atoms with van der Waals surface area (Å²) in [7, 11) is 0. The molecule has 0 bridgehead atoms. The molecule has 0 radical (unpaired) electrons. The molecule has 2 aromatic rings. The molecule has 0 spiro atoms. The number of aliphatic carboxylic acids is 1. The van der Waals surface area contributed by atoms with Crippen molar-refractivity contribution in [3.8, 4) is 11.1 Å². The number of alkyl carbamates (subject to hydrolysis) is 1. The van der Waals surface area contributed by atoms with Gasteiger partial charge in [0.25, 0.3) is 0 Å². The number of carbonyl (C=O) groups excluding carboxylic acids is 2. The average Bonchev–Trinajstić information content (AvgIpc) is 3.43. The molecule has 7 heteroatoms. The maximum absolute atomic E-state index is 12.8. The van der Waals surface area contributed by atoms with Crippen LogP contribution in [0.4, 0.5) is 4.79 Å². The molecule has 0 aliphatic heterocycles. The molecule has 2 aromatic carbocycles. The Balaban J connectivity index is 1.37. The lowest BCUT2D eigenvalue weighted by Gasteiger charge is -2.25. The SMILES string of the molecule is CC[C@H](C)[C@H](NC(=O)[C@H]1CCC[C@H]1NC(=O)OCC1c2ccccc2-c2ccccc21)C(=O)O. The second-order valence-electron chi connectivity index (χ2n) is 9.32. The zero-order chi connectivity index (χ0) is 24.2. The Bertz CT molecular complexity index is 1020. The van der Waals surface area contributed by atoms with Crippen molar-refractivity contribution in [3.63, 3.8) is 0 Å². The van der Waals surface area contributed by atoms with E-state index in [0.717, 1.165) is 28.7 Å². The number of hydrogen-bond acceptors (Lipinski definition) is 4. The summed E-state index contributed by atoms with van der Waals surface area (Å²) in [6.45, 7) is 3.91. The van der Waals surface area contributed by atoms with E-state index in [-0.39, 0.29) is 30.4 Å². The van der Waals surface area contributed by atoms with E-state index < -0.39 is 24.0 Å². The fourth-order valence-electron chi connectivity index (χ4n) is 5.18. The molecule has 180 valence electrons. The van der Waals surface area contributed by atoms with Crippen molar-refractivity contribution in [2.24, 2.45) is 11.8 Å². The molecule has 1 fully saturated rings. The van der Waals surface area contributed by atoms with E-state index in [4.69, 9.17) is 4.74 Å². The summed E-state index contributed by atoms with van der Waals surface area (Å²) in [5, 5.41) is 15.0. The van der Waals surface area contributed by atoms with Gasteiger partial charge in [-0.05, 0) is 41.0 Å². The summed E-state index contributed by atoms with van der Waals surface area (Å²) in [6, 6.07) is 15.0. The number of fused-ring (bicyclic) bond motifs is 3. The van der Waals surface area contributed by atoms with Crippen LogP contribution < -0.4 is 10.6 Å². The van der Waals surface area contributed by atoms with Gasteiger partial charge in [0.15, 0.2) is 0 Å². The van der Waals surface area contributed by atoms with Crippen LogP contribution in [0, 0.1) is 11.8 Å². The normalized spacial score (nSPS) is 20.6. The van der Waals surface area contributed by atoms with E-state index in [1.54, 1.807) is 6.92 Å². The monoisotopic (exact) mass is 464 g/mol. The number of ether oxygens (including phenoxy) is 1. The van der Waals surface area contributed by atoms with Crippen molar-refractivity contribution in [1.82, 2.24) is 10.6 Å². The number of carbonyl (C=O) groups is 3. The van der Waals surface area contributed by atoms with Crippen LogP contribution in [-0.4, -0.2) is 41.8 Å². The molecule has 3 N–H and O–H groups in total. The van der Waals surface area contributed by atoms with Gasteiger partial charge >= 0.3 is 12.1 Å². The standard InChI is InChI=1S/C27H32N2O5/c1-3-16(2)24(26(31)32)29-25(30)21-13-8-14-23(21)28-27(33)34-15-22-19-11-6-4-9-17(19)18-10-5-7-12-20(18)22/h4-7,9-12,16,21-24H,3,8,13-15H2,1-2H3,(H,28,33)(H,29,30)(H,31,32)/t16-,21-,23+,24-/m0/s1. The molecule has 0 unspecified atom stereocenters. The van der Waals surface area contributed by atoms with Crippen LogP contribution in [0.5, 0.6) is 0 Å². The predicted octanol–water partition coefficient (Wildman–Crippen LogP) is 4.31. The number of hydrogen-bond donors (Lipinski definition) is 3. The molecule has 4 rings (SSSR count). The minimum Gasteiger partial charge on any atom is -0.480 e. The van der Waals surface area contributed by atoms with Crippen LogP contribution in [0.15, 0.2) is 48.5 Å². The van der Waals surface area contributed by atoms with Crippen molar-refractivity contribution in [2.45, 2.75) is 57.5 Å². The molecule has 0 saturated heterocycles. The molecular weight excluding hydrogens is 432 g/mol. The Morgan fingerprint density at radius 1 is 1.03 bits per heavy atom. The summed E-state index contributed by atoms with van der Waals surface area (Å²) >= 11 is 0. The van der Waals surface area contributed by atoms with E-state index in [9.17, 15) is 19.5 Å². The molecule has 7 nitrogen and oxygen atoms in total. The lowest BCUT2D eigenvalue weighted by atomic mass is 9.96. The van der Waals surface area contributed by atoms with E-state index in [1.165, 1.54) is 0 Å². The van der Waals surface area contributed by atoms with Crippen LogP contribution in [0.1, 0.15) is 56.6 Å². The van der Waals surface area contributed by atoms with Crippen LogP contribution >= 0.6 is 0 Å². The fourth-order valence-corrected chi connectivity index (χ4v) is 5.18. The summed E-state index contributed by atoms with van der Waals surface area (Å²) in [6.07, 6.45) is 2.14. The van der Waals surface area contributed by atoms with Crippen molar-refractivity contribution in [3.05, 3.63) is 59.7 Å². The van der Waals surface area contributed by atoms with Gasteiger partial charge in [-0.25, -0.2) is 9.59 Å². The van der Waals surface area contributed by atoms with Gasteiger partial charge in [-0.2, -0.15) is 0 Å². The molecule has 1 saturated carbocycles. The highest BCUT2D eigenvalue weighted by Crippen LogP contribution is 2.44. The van der Waals surface area contributed by atoms with Crippen LogP contribution in [0.2, 0.25) is 0 Å². The van der Waals surface area contributed by atoms with Gasteiger partial charge in [0.05, 0.1) is 5.92 Å². The van der Waals surface area contributed by atoms with Crippen LogP contribution in [0.25, 0.3) is 11.1 Å². The molecule has 0 heterocycles. The average molecular weight is 465 g/mol. The van der Waals surface area contributed by atoms with Gasteiger partial charge in [0.1, 0.15) is 12.6 Å². The first kappa shape index (κ1) is 23.8. The minimum absolute atomic E-state index is 0.0346. The topological polar surface area (TPSA) is 105 Å². The van der Waals surface area contributed by atoms with Crippen LogP contribution in [-0.2, 0) is 14.3 Å². The lowest BCUT2D eigenvalue weighted by Crippen LogP contribution is -2.50. The molecule has 4 atom stereocenters. The third-order valence-electron chi connectivity index (χ3n) is 7.28. The maximum atomic E-state index is 12.8. The van der Waals surface area contributed by atoms with Crippen molar-refractivity contribution < 1.29 is 24.2 Å². The number of nitrogens with one attached hydrogen (secondary N) is 2. The molecular formula is C27H32N2O5. The third kappa shape index (κ3) is 4.79. The molecule has 2 aliphatic rings. The van der Waals surface area contributed by atoms with E-state index >= 15 is 0 Å². The number of benzene rings is 2. The first-order chi connectivity index (χ1) is 16.4. The lowest BCUT2D eigenvalue weighted by molar-refractivity contribution is -0.144. The second kappa shape index (κ2) is 10.3. The van der Waals surface area contributed by atoms with Gasteiger partial charge in [-0.3, -0.25) is 4.79 Å². The number of rotatable bonds is 8. The summed E-state index contributed by atoms with van der Waals surface area (Å²) in [4.78, 5) is 37.1. The first-order valence-electron chi connectivity index (χ1n) is 12.0.